The van der Waals surface area contributed by atoms with Crippen molar-refractivity contribution < 1.29 is 38.1 Å². The molecular weight excluding hydrogens is 328 g/mol. The van der Waals surface area contributed by atoms with E-state index in [0.717, 1.165) is 0 Å². The monoisotopic (exact) mass is 348 g/mol. The molecule has 12 heteroatoms. The van der Waals surface area contributed by atoms with Gasteiger partial charge in [0.1, 0.15) is 0 Å². The van der Waals surface area contributed by atoms with Crippen LogP contribution in [0.4, 0.5) is 19.2 Å². The van der Waals surface area contributed by atoms with Crippen molar-refractivity contribution in [1.82, 2.24) is 20.5 Å². The molecule has 24 heavy (non-hydrogen) atoms. The molecular formula is C12H20N4O8+. The number of hydrazine groups is 4. The molecule has 1 aliphatic heterocycles. The molecule has 4 amide bonds. The van der Waals surface area contributed by atoms with E-state index in [2.05, 4.69) is 0 Å². The van der Waals surface area contributed by atoms with Crippen molar-refractivity contribution in [2.75, 3.05) is 26.4 Å². The molecule has 0 aliphatic carbocycles. The highest BCUT2D eigenvalue weighted by Gasteiger charge is 2.72. The number of hydrogen-bond acceptors (Lipinski definition) is 8. The van der Waals surface area contributed by atoms with E-state index < -0.39 is 24.4 Å². The van der Waals surface area contributed by atoms with Crippen molar-refractivity contribution in [2.24, 2.45) is 0 Å². The predicted octanol–water partition coefficient (Wildman–Crippen LogP) is 1.33. The van der Waals surface area contributed by atoms with Gasteiger partial charge in [0, 0.05) is 5.12 Å². The summed E-state index contributed by atoms with van der Waals surface area (Å²) in [4.78, 5) is 48.1. The number of nitrogens with zero attached hydrogens (tertiary/aromatic N) is 4. The fourth-order valence-corrected chi connectivity index (χ4v) is 1.63. The number of amides is 4. The molecule has 1 saturated heterocycles. The third-order valence-corrected chi connectivity index (χ3v) is 2.44. The molecule has 0 aromatic rings. The van der Waals surface area contributed by atoms with Crippen molar-refractivity contribution in [3.8, 4) is 0 Å². The summed E-state index contributed by atoms with van der Waals surface area (Å²) in [6.45, 7) is 6.02. The van der Waals surface area contributed by atoms with Gasteiger partial charge in [0.25, 0.3) is 0 Å². The Kier molecular flexibility index (Phi) is 7.04. The van der Waals surface area contributed by atoms with Crippen molar-refractivity contribution >= 4 is 24.4 Å². The van der Waals surface area contributed by atoms with E-state index in [1.165, 1.54) is 27.7 Å². The van der Waals surface area contributed by atoms with E-state index in [9.17, 15) is 19.2 Å². The second kappa shape index (κ2) is 8.76. The van der Waals surface area contributed by atoms with E-state index in [4.69, 9.17) is 18.9 Å². The first-order valence-corrected chi connectivity index (χ1v) is 7.31. The second-order valence-corrected chi connectivity index (χ2v) is 3.95. The van der Waals surface area contributed by atoms with Crippen LogP contribution in [-0.2, 0) is 18.9 Å². The predicted molar refractivity (Wildman–Crippen MR) is 75.7 cm³/mol. The Morgan fingerprint density at radius 2 is 1.04 bits per heavy atom. The summed E-state index contributed by atoms with van der Waals surface area (Å²) in [5, 5.41) is 1.87. The molecule has 0 aromatic carbocycles. The summed E-state index contributed by atoms with van der Waals surface area (Å²) < 4.78 is 19.0. The molecule has 0 atom stereocenters. The van der Waals surface area contributed by atoms with Crippen LogP contribution in [0.1, 0.15) is 27.7 Å². The van der Waals surface area contributed by atoms with Gasteiger partial charge in [-0.1, -0.05) is 0 Å². The van der Waals surface area contributed by atoms with E-state index in [0.29, 0.717) is 20.5 Å². The molecule has 0 N–H and O–H groups in total. The van der Waals surface area contributed by atoms with Crippen molar-refractivity contribution in [1.29, 1.82) is 0 Å². The zero-order valence-electron chi connectivity index (χ0n) is 13.9. The van der Waals surface area contributed by atoms with E-state index in [-0.39, 0.29) is 26.4 Å². The number of hydrogen-bond donors (Lipinski definition) is 0. The normalized spacial score (nSPS) is 13.9. The maximum absolute atomic E-state index is 12.0. The average molecular weight is 348 g/mol. The molecule has 12 nitrogen and oxygen atoms in total. The van der Waals surface area contributed by atoms with Crippen LogP contribution in [0.5, 0.6) is 0 Å². The number of carbonyl (C=O) groups is 4. The lowest BCUT2D eigenvalue weighted by molar-refractivity contribution is -0.357. The summed E-state index contributed by atoms with van der Waals surface area (Å²) in [6, 6.07) is 0. The van der Waals surface area contributed by atoms with Crippen LogP contribution in [-0.4, -0.2) is 66.2 Å². The van der Waals surface area contributed by atoms with Crippen LogP contribution in [0.2, 0.25) is 0 Å². The molecule has 0 aromatic heterocycles. The van der Waals surface area contributed by atoms with Gasteiger partial charge >= 0.3 is 24.4 Å². The first kappa shape index (κ1) is 19.3. The van der Waals surface area contributed by atoms with Gasteiger partial charge < -0.3 is 18.9 Å². The molecule has 1 aliphatic rings. The SMILES string of the molecule is CCOC(=O)N1N(C(=O)OCC)[N+](C(=O)OCC)N1C(=O)OCC. The molecule has 1 rings (SSSR count). The molecule has 1 fully saturated rings. The van der Waals surface area contributed by atoms with E-state index in [1.807, 2.05) is 0 Å². The van der Waals surface area contributed by atoms with E-state index in [1.54, 1.807) is 0 Å². The summed E-state index contributed by atoms with van der Waals surface area (Å²) in [7, 11) is 0. The quantitative estimate of drug-likeness (QED) is 0.551. The Morgan fingerprint density at radius 1 is 0.667 bits per heavy atom. The van der Waals surface area contributed by atoms with Crippen LogP contribution >= 0.6 is 0 Å². The van der Waals surface area contributed by atoms with Gasteiger partial charge in [-0.2, -0.15) is 4.79 Å². The third-order valence-electron chi connectivity index (χ3n) is 2.44. The Labute approximate surface area is 138 Å². The maximum Gasteiger partial charge on any atom is 0.631 e. The fraction of sp³-hybridized carbons (Fsp3) is 0.667. The minimum Gasteiger partial charge on any atom is -0.447 e. The van der Waals surface area contributed by atoms with Crippen molar-refractivity contribution in [2.45, 2.75) is 27.7 Å². The number of carbonyl (C=O) groups excluding carboxylic acids is 4. The highest BCUT2D eigenvalue weighted by molar-refractivity contribution is 5.85. The zero-order valence-corrected chi connectivity index (χ0v) is 13.9. The lowest BCUT2D eigenvalue weighted by atomic mass is 10.8. The van der Waals surface area contributed by atoms with Crippen LogP contribution in [0.25, 0.3) is 0 Å². The minimum atomic E-state index is -1.08. The van der Waals surface area contributed by atoms with Crippen LogP contribution in [0, 0.1) is 0 Å². The molecule has 0 unspecified atom stereocenters. The highest BCUT2D eigenvalue weighted by Crippen LogP contribution is 2.25. The van der Waals surface area contributed by atoms with Crippen LogP contribution < -0.4 is 5.12 Å². The van der Waals surface area contributed by atoms with Gasteiger partial charge in [-0.25, -0.2) is 14.4 Å². The zero-order chi connectivity index (χ0) is 18.3. The lowest BCUT2D eigenvalue weighted by Gasteiger charge is -2.40. The topological polar surface area (TPSA) is 121 Å². The largest absolute Gasteiger partial charge is 0.631 e. The van der Waals surface area contributed by atoms with Gasteiger partial charge in [-0.05, 0) is 27.7 Å². The molecule has 135 valence electrons. The third kappa shape index (κ3) is 3.76. The highest BCUT2D eigenvalue weighted by atomic mass is 16.7. The summed E-state index contributed by atoms with van der Waals surface area (Å²) in [5.74, 6) is 0. The standard InChI is InChI=1S/C12H20N4O8/c1-5-21-9(17)13-14(10(18)22-6-2)16(12(20)24-8-4)15(13)11(19)23-7-3/h5-8H2,1-4H3/q+1. The van der Waals surface area contributed by atoms with Gasteiger partial charge in [0.2, 0.25) is 5.12 Å². The van der Waals surface area contributed by atoms with Crippen LogP contribution in [0.15, 0.2) is 0 Å². The van der Waals surface area contributed by atoms with Crippen molar-refractivity contribution in [3.63, 3.8) is 0 Å². The van der Waals surface area contributed by atoms with Crippen LogP contribution in [0.3, 0.4) is 0 Å². The van der Waals surface area contributed by atoms with Crippen molar-refractivity contribution in [3.05, 3.63) is 0 Å². The molecule has 0 saturated carbocycles. The summed E-state index contributed by atoms with van der Waals surface area (Å²) in [5.41, 5.74) is 0. The lowest BCUT2D eigenvalue weighted by Crippen LogP contribution is -2.86. The summed E-state index contributed by atoms with van der Waals surface area (Å²) in [6.07, 6.45) is -4.34. The molecule has 1 radical (unpaired) electrons. The number of ether oxygens (including phenoxy) is 4. The summed E-state index contributed by atoms with van der Waals surface area (Å²) >= 11 is 0. The molecule has 0 bridgehead atoms. The Hall–Kier alpha value is -2.76. The van der Waals surface area contributed by atoms with Gasteiger partial charge in [0.05, 0.1) is 36.7 Å². The Morgan fingerprint density at radius 3 is 1.42 bits per heavy atom. The first-order valence-electron chi connectivity index (χ1n) is 7.31. The molecule has 1 heterocycles. The maximum atomic E-state index is 12.0. The van der Waals surface area contributed by atoms with Gasteiger partial charge in [-0.3, -0.25) is 0 Å². The second-order valence-electron chi connectivity index (χ2n) is 3.95. The fourth-order valence-electron chi connectivity index (χ4n) is 1.63. The van der Waals surface area contributed by atoms with Gasteiger partial charge in [0.15, 0.2) is 0 Å². The average Bonchev–Trinajstić information content (AvgIpc) is 2.47. The number of rotatable bonds is 4. The van der Waals surface area contributed by atoms with Gasteiger partial charge in [-0.15, -0.1) is 0 Å². The minimum absolute atomic E-state index is 0.0257. The van der Waals surface area contributed by atoms with E-state index >= 15 is 0 Å². The first-order chi connectivity index (χ1) is 11.4. The Bertz CT molecular complexity index is 403. The smallest absolute Gasteiger partial charge is 0.447 e. The Balaban J connectivity index is 3.16. The molecule has 0 spiro atoms.